The minimum absolute atomic E-state index is 0.0381. The Morgan fingerprint density at radius 3 is 2.65 bits per heavy atom. The summed E-state index contributed by atoms with van der Waals surface area (Å²) in [4.78, 5) is 14.2. The molecule has 0 saturated carbocycles. The van der Waals surface area contributed by atoms with Gasteiger partial charge in [0.25, 0.3) is 0 Å². The van der Waals surface area contributed by atoms with Gasteiger partial charge in [-0.3, -0.25) is 4.79 Å². The SMILES string of the molecule is CC[C@@H]1C[C@@](O)(C(F)(F)F)[C@H](Nc2cccc3[nH]c(=O)ccc23)c2ccc(Cl)c(O)c21. The maximum absolute atomic E-state index is 14.2. The fourth-order valence-corrected chi connectivity index (χ4v) is 4.59. The number of phenols is 1. The van der Waals surface area contributed by atoms with Crippen LogP contribution in [0.15, 0.2) is 47.3 Å². The van der Waals surface area contributed by atoms with Crippen molar-refractivity contribution in [3.8, 4) is 5.75 Å². The number of anilines is 1. The standard InChI is InChI=1S/C22H20ClF3N2O3/c1-2-11-10-21(31,22(24,25)26)20(13-6-8-14(23)19(30)18(11)13)28-16-5-3-4-15-12(16)7-9-17(29)27-15/h3-9,11,20,28,30-31H,2,10H2,1H3,(H,27,29)/t11-,20-,21+/m1/s1. The van der Waals surface area contributed by atoms with Crippen LogP contribution in [0.3, 0.4) is 0 Å². The summed E-state index contributed by atoms with van der Waals surface area (Å²) in [5, 5.41) is 24.9. The Bertz CT molecular complexity index is 1210. The van der Waals surface area contributed by atoms with Crippen molar-refractivity contribution >= 4 is 28.2 Å². The molecule has 2 aromatic carbocycles. The van der Waals surface area contributed by atoms with Gasteiger partial charge in [0, 0.05) is 22.7 Å². The van der Waals surface area contributed by atoms with Crippen molar-refractivity contribution in [2.45, 2.75) is 43.5 Å². The molecule has 3 atom stereocenters. The summed E-state index contributed by atoms with van der Waals surface area (Å²) >= 11 is 6.04. The number of phenolic OH excluding ortho intramolecular Hbond substituents is 1. The van der Waals surface area contributed by atoms with Gasteiger partial charge in [-0.05, 0) is 48.6 Å². The third-order valence-corrected chi connectivity index (χ3v) is 6.31. The first-order valence-corrected chi connectivity index (χ1v) is 10.1. The Labute approximate surface area is 180 Å². The molecule has 1 aromatic heterocycles. The molecule has 1 heterocycles. The maximum atomic E-state index is 14.2. The van der Waals surface area contributed by atoms with Crippen LogP contribution in [0.5, 0.6) is 5.75 Å². The Balaban J connectivity index is 1.94. The van der Waals surface area contributed by atoms with Crippen LogP contribution < -0.4 is 10.9 Å². The van der Waals surface area contributed by atoms with E-state index in [-0.39, 0.29) is 28.3 Å². The molecule has 0 bridgehead atoms. The number of fused-ring (bicyclic) bond motifs is 2. The van der Waals surface area contributed by atoms with Crippen LogP contribution >= 0.6 is 11.6 Å². The quantitative estimate of drug-likeness (QED) is 0.438. The van der Waals surface area contributed by atoms with Gasteiger partial charge in [-0.2, -0.15) is 13.2 Å². The Morgan fingerprint density at radius 2 is 1.97 bits per heavy atom. The van der Waals surface area contributed by atoms with Gasteiger partial charge in [-0.1, -0.05) is 30.7 Å². The summed E-state index contributed by atoms with van der Waals surface area (Å²) in [7, 11) is 0. The van der Waals surface area contributed by atoms with E-state index in [1.807, 2.05) is 0 Å². The molecule has 31 heavy (non-hydrogen) atoms. The molecular formula is C22H20ClF3N2O3. The van der Waals surface area contributed by atoms with Gasteiger partial charge < -0.3 is 20.5 Å². The lowest BCUT2D eigenvalue weighted by Gasteiger charge is -2.46. The number of H-pyrrole nitrogens is 1. The normalized spacial score (nSPS) is 23.5. The molecule has 5 nitrogen and oxygen atoms in total. The average molecular weight is 453 g/mol. The minimum atomic E-state index is -4.94. The first-order valence-electron chi connectivity index (χ1n) is 9.75. The summed E-state index contributed by atoms with van der Waals surface area (Å²) in [6.45, 7) is 1.69. The highest BCUT2D eigenvalue weighted by atomic mass is 35.5. The topological polar surface area (TPSA) is 85.4 Å². The molecule has 0 radical (unpaired) electrons. The number of alkyl halides is 3. The van der Waals surface area contributed by atoms with Crippen LogP contribution in [0.4, 0.5) is 18.9 Å². The molecule has 0 aliphatic heterocycles. The zero-order valence-electron chi connectivity index (χ0n) is 16.4. The number of aromatic nitrogens is 1. The zero-order chi connectivity index (χ0) is 22.6. The van der Waals surface area contributed by atoms with Crippen LogP contribution in [0, 0.1) is 0 Å². The predicted octanol–water partition coefficient (Wildman–Crippen LogP) is 5.23. The second kappa shape index (κ2) is 7.46. The maximum Gasteiger partial charge on any atom is 0.419 e. The van der Waals surface area contributed by atoms with E-state index in [4.69, 9.17) is 11.6 Å². The van der Waals surface area contributed by atoms with E-state index in [0.29, 0.717) is 22.2 Å². The van der Waals surface area contributed by atoms with E-state index in [0.717, 1.165) is 0 Å². The van der Waals surface area contributed by atoms with Crippen LogP contribution in [0.2, 0.25) is 5.02 Å². The molecule has 1 aliphatic carbocycles. The van der Waals surface area contributed by atoms with Crippen molar-refractivity contribution in [1.29, 1.82) is 0 Å². The molecule has 164 valence electrons. The molecule has 0 saturated heterocycles. The third kappa shape index (κ3) is 3.43. The highest BCUT2D eigenvalue weighted by molar-refractivity contribution is 6.32. The number of rotatable bonds is 3. The average Bonchev–Trinajstić information content (AvgIpc) is 2.71. The van der Waals surface area contributed by atoms with Gasteiger partial charge in [0.2, 0.25) is 5.56 Å². The first-order chi connectivity index (χ1) is 14.6. The number of benzene rings is 2. The molecule has 4 N–H and O–H groups in total. The van der Waals surface area contributed by atoms with Gasteiger partial charge in [0.05, 0.1) is 16.6 Å². The van der Waals surface area contributed by atoms with Gasteiger partial charge in [0.15, 0.2) is 5.60 Å². The van der Waals surface area contributed by atoms with Crippen LogP contribution in [0.25, 0.3) is 10.9 Å². The van der Waals surface area contributed by atoms with Gasteiger partial charge in [-0.15, -0.1) is 0 Å². The number of hydrogen-bond donors (Lipinski definition) is 4. The number of halogens is 4. The molecule has 0 unspecified atom stereocenters. The smallest absolute Gasteiger partial charge is 0.419 e. The van der Waals surface area contributed by atoms with Crippen LogP contribution in [-0.4, -0.2) is 27.0 Å². The van der Waals surface area contributed by atoms with Gasteiger partial charge in [-0.25, -0.2) is 0 Å². The van der Waals surface area contributed by atoms with Crippen molar-refractivity contribution in [2.75, 3.05) is 5.32 Å². The molecule has 9 heteroatoms. The lowest BCUT2D eigenvalue weighted by Crippen LogP contribution is -2.55. The summed E-state index contributed by atoms with van der Waals surface area (Å²) in [5.41, 5.74) is -2.27. The summed E-state index contributed by atoms with van der Waals surface area (Å²) in [6, 6.07) is 8.68. The first kappa shape index (κ1) is 21.5. The van der Waals surface area contributed by atoms with Gasteiger partial charge >= 0.3 is 6.18 Å². The lowest BCUT2D eigenvalue weighted by molar-refractivity contribution is -0.272. The van der Waals surface area contributed by atoms with E-state index >= 15 is 0 Å². The summed E-state index contributed by atoms with van der Waals surface area (Å²) in [6.07, 6.45) is -5.29. The van der Waals surface area contributed by atoms with E-state index in [9.17, 15) is 28.2 Å². The van der Waals surface area contributed by atoms with Crippen molar-refractivity contribution in [2.24, 2.45) is 0 Å². The fourth-order valence-electron chi connectivity index (χ4n) is 4.42. The van der Waals surface area contributed by atoms with E-state index in [1.54, 1.807) is 25.1 Å². The summed E-state index contributed by atoms with van der Waals surface area (Å²) in [5.74, 6) is -1.01. The number of aliphatic hydroxyl groups is 1. The van der Waals surface area contributed by atoms with E-state index < -0.39 is 30.2 Å². The molecule has 3 aromatic rings. The largest absolute Gasteiger partial charge is 0.506 e. The summed E-state index contributed by atoms with van der Waals surface area (Å²) < 4.78 is 42.6. The number of aromatic hydroxyl groups is 1. The van der Waals surface area contributed by atoms with Crippen molar-refractivity contribution in [1.82, 2.24) is 4.98 Å². The highest BCUT2D eigenvalue weighted by Crippen LogP contribution is 2.56. The second-order valence-electron chi connectivity index (χ2n) is 7.80. The number of pyridine rings is 1. The van der Waals surface area contributed by atoms with Crippen molar-refractivity contribution in [3.63, 3.8) is 0 Å². The molecule has 0 amide bonds. The fraction of sp³-hybridized carbons (Fsp3) is 0.318. The minimum Gasteiger partial charge on any atom is -0.506 e. The molecule has 0 fully saturated rings. The third-order valence-electron chi connectivity index (χ3n) is 6.00. The lowest BCUT2D eigenvalue weighted by atomic mass is 9.69. The molecule has 4 rings (SSSR count). The Kier molecular flexibility index (Phi) is 5.18. The predicted molar refractivity (Wildman–Crippen MR) is 113 cm³/mol. The highest BCUT2D eigenvalue weighted by Gasteiger charge is 2.62. The molecular weight excluding hydrogens is 433 g/mol. The van der Waals surface area contributed by atoms with E-state index in [2.05, 4.69) is 10.3 Å². The van der Waals surface area contributed by atoms with E-state index in [1.165, 1.54) is 24.3 Å². The number of aromatic amines is 1. The Morgan fingerprint density at radius 1 is 1.23 bits per heavy atom. The van der Waals surface area contributed by atoms with Gasteiger partial charge in [0.1, 0.15) is 5.75 Å². The van der Waals surface area contributed by atoms with Crippen LogP contribution in [0.1, 0.15) is 42.9 Å². The Hall–Kier alpha value is -2.71. The second-order valence-corrected chi connectivity index (χ2v) is 8.20. The van der Waals surface area contributed by atoms with Crippen molar-refractivity contribution < 1.29 is 23.4 Å². The molecule has 0 spiro atoms. The molecule has 1 aliphatic rings. The van der Waals surface area contributed by atoms with Crippen molar-refractivity contribution in [3.05, 3.63) is 69.0 Å². The zero-order valence-corrected chi connectivity index (χ0v) is 17.2. The number of nitrogens with one attached hydrogen (secondary N) is 2. The van der Waals surface area contributed by atoms with Crippen LogP contribution in [-0.2, 0) is 0 Å². The monoisotopic (exact) mass is 452 g/mol. The number of hydrogen-bond acceptors (Lipinski definition) is 4.